The van der Waals surface area contributed by atoms with Crippen molar-refractivity contribution in [3.05, 3.63) is 70.2 Å². The molecule has 144 valence electrons. The van der Waals surface area contributed by atoms with Gasteiger partial charge in [-0.3, -0.25) is 9.59 Å². The fourth-order valence-corrected chi connectivity index (χ4v) is 3.07. The largest absolute Gasteiger partial charge is 0.352 e. The number of amides is 2. The Morgan fingerprint density at radius 1 is 1.00 bits per heavy atom. The van der Waals surface area contributed by atoms with Crippen molar-refractivity contribution in [1.29, 1.82) is 0 Å². The standard InChI is InChI=1S/C22H27ClN2O2/c1-15(2)24-22(27)17(4)25(14-19-11-7-8-12-20(19)23)21(26)13-18-10-6-5-9-16(18)3/h5-12,15,17H,13-14H2,1-4H3,(H,24,27)/t17-/m0/s1. The van der Waals surface area contributed by atoms with Crippen molar-refractivity contribution in [1.82, 2.24) is 10.2 Å². The van der Waals surface area contributed by atoms with E-state index >= 15 is 0 Å². The summed E-state index contributed by atoms with van der Waals surface area (Å²) in [5.74, 6) is -0.272. The van der Waals surface area contributed by atoms with Gasteiger partial charge < -0.3 is 10.2 Å². The quantitative estimate of drug-likeness (QED) is 0.777. The van der Waals surface area contributed by atoms with E-state index in [0.717, 1.165) is 16.7 Å². The van der Waals surface area contributed by atoms with Gasteiger partial charge in [-0.2, -0.15) is 0 Å². The Labute approximate surface area is 166 Å². The normalized spacial score (nSPS) is 11.9. The van der Waals surface area contributed by atoms with E-state index in [0.29, 0.717) is 5.02 Å². The van der Waals surface area contributed by atoms with E-state index in [1.165, 1.54) is 0 Å². The first-order valence-electron chi connectivity index (χ1n) is 9.17. The van der Waals surface area contributed by atoms with E-state index < -0.39 is 6.04 Å². The van der Waals surface area contributed by atoms with Crippen molar-refractivity contribution in [3.63, 3.8) is 0 Å². The van der Waals surface area contributed by atoms with Gasteiger partial charge in [-0.1, -0.05) is 54.1 Å². The Bertz CT molecular complexity index is 804. The molecule has 0 unspecified atom stereocenters. The molecule has 0 bridgehead atoms. The van der Waals surface area contributed by atoms with E-state index in [2.05, 4.69) is 5.32 Å². The van der Waals surface area contributed by atoms with Crippen LogP contribution in [0.5, 0.6) is 0 Å². The van der Waals surface area contributed by atoms with Crippen LogP contribution in [-0.4, -0.2) is 28.8 Å². The third kappa shape index (κ3) is 5.83. The van der Waals surface area contributed by atoms with Crippen LogP contribution in [0.1, 0.15) is 37.5 Å². The minimum atomic E-state index is -0.597. The fourth-order valence-electron chi connectivity index (χ4n) is 2.87. The maximum Gasteiger partial charge on any atom is 0.242 e. The average molecular weight is 387 g/mol. The van der Waals surface area contributed by atoms with Crippen LogP contribution in [0, 0.1) is 6.92 Å². The lowest BCUT2D eigenvalue weighted by molar-refractivity contribution is -0.140. The lowest BCUT2D eigenvalue weighted by atomic mass is 10.0. The second-order valence-corrected chi connectivity index (χ2v) is 7.46. The average Bonchev–Trinajstić information content (AvgIpc) is 2.61. The van der Waals surface area contributed by atoms with Crippen LogP contribution in [0.15, 0.2) is 48.5 Å². The molecule has 0 aliphatic heterocycles. The predicted molar refractivity (Wildman–Crippen MR) is 110 cm³/mol. The van der Waals surface area contributed by atoms with Gasteiger partial charge in [0.1, 0.15) is 6.04 Å². The van der Waals surface area contributed by atoms with E-state index in [1.807, 2.05) is 63.2 Å². The molecule has 0 aliphatic rings. The number of rotatable bonds is 7. The molecule has 2 amide bonds. The summed E-state index contributed by atoms with van der Waals surface area (Å²) >= 11 is 6.29. The minimum Gasteiger partial charge on any atom is -0.352 e. The van der Waals surface area contributed by atoms with Crippen molar-refractivity contribution < 1.29 is 9.59 Å². The number of hydrogen-bond donors (Lipinski definition) is 1. The molecule has 27 heavy (non-hydrogen) atoms. The highest BCUT2D eigenvalue weighted by molar-refractivity contribution is 6.31. The van der Waals surface area contributed by atoms with Crippen molar-refractivity contribution in [2.24, 2.45) is 0 Å². The zero-order valence-electron chi connectivity index (χ0n) is 16.3. The van der Waals surface area contributed by atoms with Crippen LogP contribution >= 0.6 is 11.6 Å². The van der Waals surface area contributed by atoms with Gasteiger partial charge in [0, 0.05) is 17.6 Å². The first-order chi connectivity index (χ1) is 12.8. The van der Waals surface area contributed by atoms with Gasteiger partial charge in [0.2, 0.25) is 11.8 Å². The zero-order chi connectivity index (χ0) is 20.0. The van der Waals surface area contributed by atoms with E-state index in [4.69, 9.17) is 11.6 Å². The molecule has 2 aromatic carbocycles. The highest BCUT2D eigenvalue weighted by Gasteiger charge is 2.27. The van der Waals surface area contributed by atoms with Crippen molar-refractivity contribution in [2.75, 3.05) is 0 Å². The van der Waals surface area contributed by atoms with Crippen molar-refractivity contribution in [2.45, 2.75) is 52.7 Å². The monoisotopic (exact) mass is 386 g/mol. The molecule has 0 radical (unpaired) electrons. The Morgan fingerprint density at radius 2 is 1.59 bits per heavy atom. The molecule has 2 aromatic rings. The number of carbonyl (C=O) groups is 2. The van der Waals surface area contributed by atoms with Gasteiger partial charge in [0.15, 0.2) is 0 Å². The summed E-state index contributed by atoms with van der Waals surface area (Å²) < 4.78 is 0. The predicted octanol–water partition coefficient (Wildman–Crippen LogP) is 4.13. The molecule has 0 saturated heterocycles. The van der Waals surface area contributed by atoms with E-state index in [1.54, 1.807) is 17.9 Å². The number of nitrogens with zero attached hydrogens (tertiary/aromatic N) is 1. The second-order valence-electron chi connectivity index (χ2n) is 7.06. The van der Waals surface area contributed by atoms with Gasteiger partial charge in [-0.15, -0.1) is 0 Å². The number of carbonyl (C=O) groups excluding carboxylic acids is 2. The summed E-state index contributed by atoms with van der Waals surface area (Å²) in [5, 5.41) is 3.47. The summed E-state index contributed by atoms with van der Waals surface area (Å²) in [5.41, 5.74) is 2.84. The Morgan fingerprint density at radius 3 is 2.19 bits per heavy atom. The number of hydrogen-bond acceptors (Lipinski definition) is 2. The van der Waals surface area contributed by atoms with Crippen molar-refractivity contribution >= 4 is 23.4 Å². The number of aryl methyl sites for hydroxylation is 1. The van der Waals surface area contributed by atoms with Crippen LogP contribution < -0.4 is 5.32 Å². The number of nitrogens with one attached hydrogen (secondary N) is 1. The third-order valence-electron chi connectivity index (χ3n) is 4.50. The maximum atomic E-state index is 13.1. The SMILES string of the molecule is Cc1ccccc1CC(=O)N(Cc1ccccc1Cl)[C@@H](C)C(=O)NC(C)C. The maximum absolute atomic E-state index is 13.1. The lowest BCUT2D eigenvalue weighted by Crippen LogP contribution is -2.49. The lowest BCUT2D eigenvalue weighted by Gasteiger charge is -2.30. The van der Waals surface area contributed by atoms with E-state index in [-0.39, 0.29) is 30.8 Å². The second kappa shape index (κ2) is 9.56. The summed E-state index contributed by atoms with van der Waals surface area (Å²) in [6.45, 7) is 7.83. The molecule has 2 rings (SSSR count). The van der Waals surface area contributed by atoms with Crippen LogP contribution in [-0.2, 0) is 22.6 Å². The molecule has 0 aliphatic carbocycles. The highest BCUT2D eigenvalue weighted by atomic mass is 35.5. The summed E-state index contributed by atoms with van der Waals surface area (Å²) in [6, 6.07) is 14.6. The molecule has 0 fully saturated rings. The smallest absolute Gasteiger partial charge is 0.242 e. The minimum absolute atomic E-state index is 0.00795. The molecule has 4 nitrogen and oxygen atoms in total. The fraction of sp³-hybridized carbons (Fsp3) is 0.364. The van der Waals surface area contributed by atoms with Crippen LogP contribution in [0.4, 0.5) is 0 Å². The Balaban J connectivity index is 2.27. The number of halogens is 1. The van der Waals surface area contributed by atoms with Crippen LogP contribution in [0.25, 0.3) is 0 Å². The first-order valence-corrected chi connectivity index (χ1v) is 9.55. The molecule has 5 heteroatoms. The molecular weight excluding hydrogens is 360 g/mol. The summed E-state index contributed by atoms with van der Waals surface area (Å²) in [6.07, 6.45) is 0.246. The molecule has 0 aromatic heterocycles. The van der Waals surface area contributed by atoms with Crippen LogP contribution in [0.3, 0.4) is 0 Å². The van der Waals surface area contributed by atoms with Gasteiger partial charge in [0.25, 0.3) is 0 Å². The first kappa shape index (κ1) is 21.0. The molecule has 0 saturated carbocycles. The third-order valence-corrected chi connectivity index (χ3v) is 4.87. The topological polar surface area (TPSA) is 49.4 Å². The van der Waals surface area contributed by atoms with Crippen LogP contribution in [0.2, 0.25) is 5.02 Å². The molecule has 0 heterocycles. The number of benzene rings is 2. The van der Waals surface area contributed by atoms with Gasteiger partial charge in [-0.05, 0) is 50.5 Å². The highest BCUT2D eigenvalue weighted by Crippen LogP contribution is 2.20. The summed E-state index contributed by atoms with van der Waals surface area (Å²) in [7, 11) is 0. The molecule has 1 N–H and O–H groups in total. The molecule has 1 atom stereocenters. The molecular formula is C22H27ClN2O2. The zero-order valence-corrected chi connectivity index (χ0v) is 17.1. The molecule has 0 spiro atoms. The van der Waals surface area contributed by atoms with E-state index in [9.17, 15) is 9.59 Å². The Hall–Kier alpha value is -2.33. The summed E-state index contributed by atoms with van der Waals surface area (Å²) in [4.78, 5) is 27.3. The van der Waals surface area contributed by atoms with Gasteiger partial charge in [0.05, 0.1) is 6.42 Å². The van der Waals surface area contributed by atoms with Crippen molar-refractivity contribution in [3.8, 4) is 0 Å². The Kier molecular flexibility index (Phi) is 7.43. The van der Waals surface area contributed by atoms with Gasteiger partial charge in [-0.25, -0.2) is 0 Å². The van der Waals surface area contributed by atoms with Gasteiger partial charge >= 0.3 is 0 Å².